The number of ether oxygens (including phenoxy) is 2. The number of carbonyl (C=O) groups excluding carboxylic acids is 2. The molecule has 2 N–H and O–H groups in total. The molecule has 29 heavy (non-hydrogen) atoms. The summed E-state index contributed by atoms with van der Waals surface area (Å²) in [5, 5.41) is 6.06. The maximum Gasteiger partial charge on any atom is 0.258 e. The van der Waals surface area contributed by atoms with Crippen molar-refractivity contribution in [2.24, 2.45) is 0 Å². The molecule has 1 unspecified atom stereocenters. The summed E-state index contributed by atoms with van der Waals surface area (Å²) in [4.78, 5) is 26.8. The van der Waals surface area contributed by atoms with Crippen molar-refractivity contribution in [2.45, 2.75) is 13.0 Å². The van der Waals surface area contributed by atoms with E-state index in [0.717, 1.165) is 5.69 Å². The number of benzene rings is 2. The van der Waals surface area contributed by atoms with Crippen molar-refractivity contribution in [1.82, 2.24) is 5.32 Å². The second-order valence-electron chi connectivity index (χ2n) is 6.62. The summed E-state index contributed by atoms with van der Waals surface area (Å²) in [5.41, 5.74) is 1.36. The molecule has 8 heteroatoms. The number of carbonyl (C=O) groups is 2. The lowest BCUT2D eigenvalue weighted by atomic mass is 10.2. The number of para-hydroxylation sites is 2. The van der Waals surface area contributed by atoms with Gasteiger partial charge in [-0.3, -0.25) is 9.59 Å². The van der Waals surface area contributed by atoms with E-state index in [0.29, 0.717) is 42.8 Å². The van der Waals surface area contributed by atoms with Crippen molar-refractivity contribution >= 4 is 34.8 Å². The van der Waals surface area contributed by atoms with Gasteiger partial charge in [0, 0.05) is 13.1 Å². The molecule has 0 radical (unpaired) electrons. The lowest BCUT2D eigenvalue weighted by Gasteiger charge is -2.31. The maximum atomic E-state index is 12.6. The number of nitrogens with one attached hydrogen (secondary N) is 2. The van der Waals surface area contributed by atoms with Gasteiger partial charge in [0.25, 0.3) is 5.91 Å². The molecule has 0 saturated carbocycles. The van der Waals surface area contributed by atoms with Crippen molar-refractivity contribution in [2.75, 3.05) is 43.1 Å². The van der Waals surface area contributed by atoms with Crippen LogP contribution in [0.25, 0.3) is 0 Å². The molecule has 0 aromatic heterocycles. The van der Waals surface area contributed by atoms with Crippen LogP contribution in [0.4, 0.5) is 11.4 Å². The van der Waals surface area contributed by atoms with E-state index in [1.807, 2.05) is 18.2 Å². The van der Waals surface area contributed by atoms with Crippen LogP contribution in [0.2, 0.25) is 5.02 Å². The topological polar surface area (TPSA) is 79.9 Å². The molecule has 7 nitrogen and oxygen atoms in total. The number of halogens is 1. The van der Waals surface area contributed by atoms with Crippen molar-refractivity contribution < 1.29 is 19.1 Å². The first-order chi connectivity index (χ1) is 14.0. The molecule has 154 valence electrons. The molecule has 2 amide bonds. The molecule has 0 bridgehead atoms. The Hall–Kier alpha value is -2.77. The molecule has 1 aliphatic rings. The van der Waals surface area contributed by atoms with E-state index in [1.165, 1.54) is 0 Å². The Morgan fingerprint density at radius 1 is 1.14 bits per heavy atom. The Bertz CT molecular complexity index is 841. The SMILES string of the molecule is CC(NC(=O)COc1ccccc1)C(=O)Nc1cccc(Cl)c1N1CCOCC1. The number of hydrogen-bond donors (Lipinski definition) is 2. The Morgan fingerprint density at radius 2 is 1.86 bits per heavy atom. The first kappa shape index (κ1) is 21.0. The molecule has 3 rings (SSSR count). The number of rotatable bonds is 7. The Kier molecular flexibility index (Phi) is 7.32. The van der Waals surface area contributed by atoms with E-state index in [4.69, 9.17) is 21.1 Å². The number of nitrogens with zero attached hydrogens (tertiary/aromatic N) is 1. The second kappa shape index (κ2) is 10.1. The van der Waals surface area contributed by atoms with Gasteiger partial charge < -0.3 is 25.0 Å². The fourth-order valence-corrected chi connectivity index (χ4v) is 3.27. The highest BCUT2D eigenvalue weighted by atomic mass is 35.5. The van der Waals surface area contributed by atoms with Gasteiger partial charge in [-0.2, -0.15) is 0 Å². The molecule has 0 spiro atoms. The summed E-state index contributed by atoms with van der Waals surface area (Å²) < 4.78 is 10.8. The van der Waals surface area contributed by atoms with Gasteiger partial charge in [-0.1, -0.05) is 35.9 Å². The van der Waals surface area contributed by atoms with Crippen molar-refractivity contribution in [3.63, 3.8) is 0 Å². The minimum atomic E-state index is -0.738. The van der Waals surface area contributed by atoms with Crippen LogP contribution in [0.15, 0.2) is 48.5 Å². The third-order valence-electron chi connectivity index (χ3n) is 4.46. The average molecular weight is 418 g/mol. The smallest absolute Gasteiger partial charge is 0.258 e. The van der Waals surface area contributed by atoms with Gasteiger partial charge in [0.1, 0.15) is 11.8 Å². The van der Waals surface area contributed by atoms with E-state index in [1.54, 1.807) is 37.3 Å². The summed E-state index contributed by atoms with van der Waals surface area (Å²) in [5.74, 6) is -0.125. The van der Waals surface area contributed by atoms with E-state index in [-0.39, 0.29) is 18.4 Å². The third-order valence-corrected chi connectivity index (χ3v) is 4.76. The fraction of sp³-hybridized carbons (Fsp3) is 0.333. The molecule has 1 atom stereocenters. The summed E-state index contributed by atoms with van der Waals surface area (Å²) in [6.07, 6.45) is 0. The predicted molar refractivity (Wildman–Crippen MR) is 113 cm³/mol. The third kappa shape index (κ3) is 5.85. The van der Waals surface area contributed by atoms with Crippen LogP contribution in [0, 0.1) is 0 Å². The summed E-state index contributed by atoms with van der Waals surface area (Å²) in [6, 6.07) is 13.6. The van der Waals surface area contributed by atoms with Crippen LogP contribution in [0.5, 0.6) is 5.75 Å². The highest BCUT2D eigenvalue weighted by Gasteiger charge is 2.21. The van der Waals surface area contributed by atoms with Gasteiger partial charge >= 0.3 is 0 Å². The highest BCUT2D eigenvalue weighted by Crippen LogP contribution is 2.34. The lowest BCUT2D eigenvalue weighted by molar-refractivity contribution is -0.127. The lowest BCUT2D eigenvalue weighted by Crippen LogP contribution is -2.44. The number of anilines is 2. The first-order valence-electron chi connectivity index (χ1n) is 9.44. The van der Waals surface area contributed by atoms with Gasteiger partial charge in [0.15, 0.2) is 6.61 Å². The van der Waals surface area contributed by atoms with Crippen LogP contribution in [0.1, 0.15) is 6.92 Å². The zero-order valence-electron chi connectivity index (χ0n) is 16.2. The molecule has 1 saturated heterocycles. The zero-order valence-corrected chi connectivity index (χ0v) is 16.9. The average Bonchev–Trinajstić information content (AvgIpc) is 2.73. The summed E-state index contributed by atoms with van der Waals surface area (Å²) >= 11 is 6.39. The monoisotopic (exact) mass is 417 g/mol. The molecular weight excluding hydrogens is 394 g/mol. The molecule has 2 aromatic carbocycles. The first-order valence-corrected chi connectivity index (χ1v) is 9.81. The van der Waals surface area contributed by atoms with Crippen molar-refractivity contribution in [3.05, 3.63) is 53.6 Å². The second-order valence-corrected chi connectivity index (χ2v) is 7.02. The fourth-order valence-electron chi connectivity index (χ4n) is 2.98. The minimum absolute atomic E-state index is 0.169. The normalized spacial score (nSPS) is 14.8. The predicted octanol–water partition coefficient (Wildman–Crippen LogP) is 2.70. The zero-order chi connectivity index (χ0) is 20.6. The van der Waals surface area contributed by atoms with Gasteiger partial charge in [-0.25, -0.2) is 0 Å². The Balaban J connectivity index is 1.58. The van der Waals surface area contributed by atoms with Crippen LogP contribution in [0.3, 0.4) is 0 Å². The van der Waals surface area contributed by atoms with Crippen LogP contribution < -0.4 is 20.3 Å². The van der Waals surface area contributed by atoms with Crippen molar-refractivity contribution in [1.29, 1.82) is 0 Å². The van der Waals surface area contributed by atoms with Gasteiger partial charge in [-0.15, -0.1) is 0 Å². The van der Waals surface area contributed by atoms with Gasteiger partial charge in [0.05, 0.1) is 29.6 Å². The number of hydrogen-bond acceptors (Lipinski definition) is 5. The Labute approximate surface area is 174 Å². The number of amides is 2. The molecule has 1 fully saturated rings. The molecule has 1 aliphatic heterocycles. The Morgan fingerprint density at radius 3 is 2.59 bits per heavy atom. The number of morpholine rings is 1. The maximum absolute atomic E-state index is 12.6. The minimum Gasteiger partial charge on any atom is -0.484 e. The highest BCUT2D eigenvalue weighted by molar-refractivity contribution is 6.34. The van der Waals surface area contributed by atoms with Crippen LogP contribution in [-0.4, -0.2) is 50.8 Å². The largest absolute Gasteiger partial charge is 0.484 e. The molecule has 2 aromatic rings. The van der Waals surface area contributed by atoms with Crippen LogP contribution >= 0.6 is 11.6 Å². The van der Waals surface area contributed by atoms with Crippen molar-refractivity contribution in [3.8, 4) is 5.75 Å². The molecular formula is C21H24ClN3O4. The van der Waals surface area contributed by atoms with E-state index >= 15 is 0 Å². The van der Waals surface area contributed by atoms with Gasteiger partial charge in [-0.05, 0) is 31.2 Å². The quantitative estimate of drug-likeness (QED) is 0.724. The van der Waals surface area contributed by atoms with E-state index in [9.17, 15) is 9.59 Å². The standard InChI is InChI=1S/C21H24ClN3O4/c1-15(23-19(26)14-29-16-6-3-2-4-7-16)21(27)24-18-9-5-8-17(22)20(18)25-10-12-28-13-11-25/h2-9,15H,10-14H2,1H3,(H,23,26)(H,24,27). The van der Waals surface area contributed by atoms with Crippen LogP contribution in [-0.2, 0) is 14.3 Å². The van der Waals surface area contributed by atoms with E-state index < -0.39 is 6.04 Å². The molecule has 1 heterocycles. The summed E-state index contributed by atoms with van der Waals surface area (Å²) in [6.45, 7) is 4.04. The molecule has 0 aliphatic carbocycles. The van der Waals surface area contributed by atoms with E-state index in [2.05, 4.69) is 15.5 Å². The van der Waals surface area contributed by atoms with Gasteiger partial charge in [0.2, 0.25) is 5.91 Å². The summed E-state index contributed by atoms with van der Waals surface area (Å²) in [7, 11) is 0.